The minimum Gasteiger partial charge on any atom is -0.319 e. The van der Waals surface area contributed by atoms with Crippen LogP contribution >= 0.6 is 10.0 Å². The summed E-state index contributed by atoms with van der Waals surface area (Å²) in [5.41, 5.74) is 0. The van der Waals surface area contributed by atoms with Gasteiger partial charge in [0.05, 0.1) is 0 Å². The topological polar surface area (TPSA) is 12.0 Å². The predicted molar refractivity (Wildman–Crippen MR) is 44.2 cm³/mol. The van der Waals surface area contributed by atoms with Gasteiger partial charge in [-0.15, -0.1) is 0 Å². The zero-order valence-electron chi connectivity index (χ0n) is 6.32. The molecule has 0 saturated carbocycles. The fourth-order valence-electron chi connectivity index (χ4n) is 0.408. The standard InChI is InChI=1S/C6H17NS/c1-7-5-6-8(2,3)4/h7H,5-6H2,1-4H3. The second kappa shape index (κ2) is 3.36. The minimum absolute atomic E-state index is 0.249. The lowest BCUT2D eigenvalue weighted by molar-refractivity contribution is 0.869. The highest BCUT2D eigenvalue weighted by Gasteiger charge is 2.00. The fraction of sp³-hybridized carbons (Fsp3) is 1.00. The fourth-order valence-corrected chi connectivity index (χ4v) is 1.22. The first-order chi connectivity index (χ1) is 3.56. The van der Waals surface area contributed by atoms with E-state index in [1.807, 2.05) is 7.05 Å². The molecule has 2 heteroatoms. The van der Waals surface area contributed by atoms with Crippen LogP contribution < -0.4 is 5.32 Å². The summed E-state index contributed by atoms with van der Waals surface area (Å²) >= 11 is 0. The van der Waals surface area contributed by atoms with Crippen molar-refractivity contribution >= 4 is 10.0 Å². The van der Waals surface area contributed by atoms with Gasteiger partial charge in [-0.25, -0.2) is 10.0 Å². The summed E-state index contributed by atoms with van der Waals surface area (Å²) in [6.07, 6.45) is 7.01. The lowest BCUT2D eigenvalue weighted by Crippen LogP contribution is -2.15. The molecule has 0 aromatic carbocycles. The molecule has 0 amide bonds. The molecule has 1 N–H and O–H groups in total. The third-order valence-corrected chi connectivity index (χ3v) is 2.39. The molecule has 0 unspecified atom stereocenters. The van der Waals surface area contributed by atoms with E-state index in [-0.39, 0.29) is 10.0 Å². The number of hydrogen-bond donors (Lipinski definition) is 1. The molecule has 0 heterocycles. The van der Waals surface area contributed by atoms with Gasteiger partial charge in [0.2, 0.25) is 0 Å². The maximum atomic E-state index is 3.15. The van der Waals surface area contributed by atoms with Gasteiger partial charge in [-0.3, -0.25) is 0 Å². The van der Waals surface area contributed by atoms with Crippen molar-refractivity contribution in [1.82, 2.24) is 5.32 Å². The molecule has 0 atom stereocenters. The van der Waals surface area contributed by atoms with Crippen molar-refractivity contribution in [3.8, 4) is 0 Å². The van der Waals surface area contributed by atoms with Gasteiger partial charge in [-0.2, -0.15) is 0 Å². The van der Waals surface area contributed by atoms with Crippen molar-refractivity contribution in [1.29, 1.82) is 0 Å². The third kappa shape index (κ3) is 6.31. The average Bonchev–Trinajstić information content (AvgIpc) is 1.59. The smallest absolute Gasteiger partial charge is 0.00243 e. The van der Waals surface area contributed by atoms with Crippen molar-refractivity contribution < 1.29 is 0 Å². The minimum atomic E-state index is -0.249. The molecule has 1 nitrogen and oxygen atoms in total. The van der Waals surface area contributed by atoms with Crippen molar-refractivity contribution in [3.63, 3.8) is 0 Å². The first kappa shape index (κ1) is 8.31. The van der Waals surface area contributed by atoms with Crippen molar-refractivity contribution in [3.05, 3.63) is 0 Å². The highest BCUT2D eigenvalue weighted by molar-refractivity contribution is 8.32. The summed E-state index contributed by atoms with van der Waals surface area (Å²) in [6.45, 7) is 1.17. The zero-order chi connectivity index (χ0) is 6.62. The molecule has 0 spiro atoms. The van der Waals surface area contributed by atoms with Gasteiger partial charge in [0, 0.05) is 6.54 Å². The van der Waals surface area contributed by atoms with Crippen LogP contribution in [0.4, 0.5) is 0 Å². The summed E-state index contributed by atoms with van der Waals surface area (Å²) < 4.78 is 0. The van der Waals surface area contributed by atoms with Crippen molar-refractivity contribution in [2.75, 3.05) is 38.1 Å². The van der Waals surface area contributed by atoms with Gasteiger partial charge in [0.25, 0.3) is 0 Å². The molecule has 0 saturated heterocycles. The molecule has 0 aromatic heterocycles. The van der Waals surface area contributed by atoms with Crippen LogP contribution in [0.1, 0.15) is 0 Å². The lowest BCUT2D eigenvalue weighted by atomic mass is 10.8. The highest BCUT2D eigenvalue weighted by Crippen LogP contribution is 2.32. The molecule has 0 aliphatic rings. The Bertz CT molecular complexity index is 56.0. The van der Waals surface area contributed by atoms with Gasteiger partial charge in [-0.1, -0.05) is 0 Å². The molecular formula is C6H17NS. The van der Waals surface area contributed by atoms with Crippen LogP contribution in [-0.4, -0.2) is 38.1 Å². The van der Waals surface area contributed by atoms with E-state index < -0.39 is 0 Å². The quantitative estimate of drug-likeness (QED) is 0.606. The molecule has 0 rings (SSSR count). The summed E-state index contributed by atoms with van der Waals surface area (Å²) in [7, 11) is 1.76. The monoisotopic (exact) mass is 135 g/mol. The SMILES string of the molecule is CNCCS(C)(C)C. The van der Waals surface area contributed by atoms with Crippen LogP contribution in [0.2, 0.25) is 0 Å². The second-order valence-corrected chi connectivity index (χ2v) is 7.49. The van der Waals surface area contributed by atoms with Gasteiger partial charge in [0.15, 0.2) is 0 Å². The Hall–Kier alpha value is 0.310. The second-order valence-electron chi connectivity index (χ2n) is 2.90. The third-order valence-electron chi connectivity index (χ3n) is 0.964. The van der Waals surface area contributed by atoms with Crippen LogP contribution in [0.3, 0.4) is 0 Å². The summed E-state index contributed by atoms with van der Waals surface area (Å²) in [5.74, 6) is 1.34. The van der Waals surface area contributed by atoms with Crippen LogP contribution in [0.15, 0.2) is 0 Å². The van der Waals surface area contributed by atoms with Crippen LogP contribution in [0.25, 0.3) is 0 Å². The average molecular weight is 135 g/mol. The largest absolute Gasteiger partial charge is 0.319 e. The molecule has 0 aromatic rings. The lowest BCUT2D eigenvalue weighted by Gasteiger charge is -2.24. The van der Waals surface area contributed by atoms with E-state index in [1.165, 1.54) is 12.3 Å². The Labute approximate surface area is 54.2 Å². The maximum Gasteiger partial charge on any atom is 0.00243 e. The summed E-state index contributed by atoms with van der Waals surface area (Å²) in [6, 6.07) is 0. The molecule has 0 aliphatic carbocycles. The van der Waals surface area contributed by atoms with E-state index in [0.717, 1.165) is 0 Å². The molecule has 0 bridgehead atoms. The van der Waals surface area contributed by atoms with Crippen LogP contribution in [0, 0.1) is 0 Å². The zero-order valence-corrected chi connectivity index (χ0v) is 7.14. The van der Waals surface area contributed by atoms with E-state index >= 15 is 0 Å². The molecule has 8 heavy (non-hydrogen) atoms. The Morgan fingerprint density at radius 3 is 1.88 bits per heavy atom. The van der Waals surface area contributed by atoms with Crippen molar-refractivity contribution in [2.45, 2.75) is 0 Å². The molecule has 0 aliphatic heterocycles. The number of rotatable bonds is 3. The predicted octanol–water partition coefficient (Wildman–Crippen LogP) is 0.900. The van der Waals surface area contributed by atoms with Gasteiger partial charge < -0.3 is 5.32 Å². The van der Waals surface area contributed by atoms with Gasteiger partial charge in [0.1, 0.15) is 0 Å². The van der Waals surface area contributed by atoms with Crippen LogP contribution in [0.5, 0.6) is 0 Å². The first-order valence-electron chi connectivity index (χ1n) is 2.87. The van der Waals surface area contributed by atoms with Gasteiger partial charge >= 0.3 is 0 Å². The van der Waals surface area contributed by atoms with E-state index in [9.17, 15) is 0 Å². The number of nitrogens with one attached hydrogen (secondary N) is 1. The Morgan fingerprint density at radius 1 is 1.25 bits per heavy atom. The van der Waals surface area contributed by atoms with E-state index in [2.05, 4.69) is 24.1 Å². The Morgan fingerprint density at radius 2 is 1.75 bits per heavy atom. The number of hydrogen-bond acceptors (Lipinski definition) is 1. The Balaban J connectivity index is 3.11. The summed E-state index contributed by atoms with van der Waals surface area (Å²) in [5, 5.41) is 3.15. The Kier molecular flexibility index (Phi) is 3.49. The van der Waals surface area contributed by atoms with Crippen LogP contribution in [-0.2, 0) is 0 Å². The molecule has 0 fully saturated rings. The maximum absolute atomic E-state index is 3.15. The van der Waals surface area contributed by atoms with Gasteiger partial charge in [-0.05, 0) is 31.6 Å². The summed E-state index contributed by atoms with van der Waals surface area (Å²) in [4.78, 5) is 0. The van der Waals surface area contributed by atoms with Crippen molar-refractivity contribution in [2.24, 2.45) is 0 Å². The highest BCUT2D eigenvalue weighted by atomic mass is 32.3. The molecular weight excluding hydrogens is 118 g/mol. The molecule has 0 radical (unpaired) electrons. The van der Waals surface area contributed by atoms with E-state index in [1.54, 1.807) is 0 Å². The van der Waals surface area contributed by atoms with E-state index in [0.29, 0.717) is 0 Å². The molecule has 52 valence electrons. The van der Waals surface area contributed by atoms with E-state index in [4.69, 9.17) is 0 Å². The first-order valence-corrected chi connectivity index (χ1v) is 5.89. The normalized spacial score (nSPS) is 14.0.